The number of halogens is 2. The van der Waals surface area contributed by atoms with E-state index in [-0.39, 0.29) is 17.8 Å². The van der Waals surface area contributed by atoms with Gasteiger partial charge >= 0.3 is 5.97 Å². The highest BCUT2D eigenvalue weighted by Crippen LogP contribution is 2.20. The zero-order chi connectivity index (χ0) is 15.7. The first-order valence-corrected chi connectivity index (χ1v) is 6.44. The van der Waals surface area contributed by atoms with Crippen LogP contribution in [0.2, 0.25) is 0 Å². The number of anilines is 1. The molecule has 0 atom stereocenters. The lowest BCUT2D eigenvalue weighted by molar-refractivity contribution is 0.0690. The number of imidazole rings is 1. The van der Waals surface area contributed by atoms with Crippen LogP contribution in [0.5, 0.6) is 0 Å². The number of hydrogen-bond donors (Lipinski definition) is 2. The SMILES string of the molecule is O=C(O)c1c(NCc2cccc(F)c2F)ccc2nccn12. The Bertz CT molecular complexity index is 861. The summed E-state index contributed by atoms with van der Waals surface area (Å²) in [6.45, 7) is -0.0376. The van der Waals surface area contributed by atoms with Crippen molar-refractivity contribution in [3.63, 3.8) is 0 Å². The van der Waals surface area contributed by atoms with E-state index in [2.05, 4.69) is 10.3 Å². The molecule has 2 aromatic heterocycles. The van der Waals surface area contributed by atoms with E-state index in [0.29, 0.717) is 11.3 Å². The summed E-state index contributed by atoms with van der Waals surface area (Å²) in [5.74, 6) is -3.04. The van der Waals surface area contributed by atoms with Gasteiger partial charge in [0, 0.05) is 24.5 Å². The monoisotopic (exact) mass is 303 g/mol. The normalized spacial score (nSPS) is 10.8. The van der Waals surface area contributed by atoms with E-state index < -0.39 is 17.6 Å². The van der Waals surface area contributed by atoms with E-state index in [4.69, 9.17) is 0 Å². The van der Waals surface area contributed by atoms with Crippen molar-refractivity contribution in [3.05, 3.63) is 65.6 Å². The molecule has 0 unspecified atom stereocenters. The Labute approximate surface area is 123 Å². The number of benzene rings is 1. The van der Waals surface area contributed by atoms with Gasteiger partial charge in [-0.2, -0.15) is 0 Å². The maximum atomic E-state index is 13.6. The van der Waals surface area contributed by atoms with Gasteiger partial charge in [-0.3, -0.25) is 4.40 Å². The minimum Gasteiger partial charge on any atom is -0.476 e. The first-order chi connectivity index (χ1) is 10.6. The molecule has 0 saturated carbocycles. The third kappa shape index (κ3) is 2.37. The standard InChI is InChI=1S/C15H11F2N3O2/c16-10-3-1-2-9(13(10)17)8-19-11-4-5-12-18-6-7-20(12)14(11)15(21)22/h1-7,19H,8H2,(H,21,22). The van der Waals surface area contributed by atoms with Gasteiger partial charge in [0.1, 0.15) is 5.65 Å². The number of fused-ring (bicyclic) bond motifs is 1. The molecule has 0 aliphatic rings. The average molecular weight is 303 g/mol. The fourth-order valence-corrected chi connectivity index (χ4v) is 2.23. The van der Waals surface area contributed by atoms with Gasteiger partial charge in [-0.05, 0) is 18.2 Å². The summed E-state index contributed by atoms with van der Waals surface area (Å²) in [7, 11) is 0. The molecule has 3 rings (SSSR count). The molecule has 2 heterocycles. The smallest absolute Gasteiger partial charge is 0.355 e. The van der Waals surface area contributed by atoms with Gasteiger partial charge in [0.2, 0.25) is 0 Å². The van der Waals surface area contributed by atoms with E-state index in [1.807, 2.05) is 0 Å². The summed E-state index contributed by atoms with van der Waals surface area (Å²) < 4.78 is 28.2. The number of aromatic carboxylic acids is 1. The fraction of sp³-hybridized carbons (Fsp3) is 0.0667. The minimum atomic E-state index is -1.15. The fourth-order valence-electron chi connectivity index (χ4n) is 2.23. The van der Waals surface area contributed by atoms with Crippen LogP contribution in [-0.4, -0.2) is 20.5 Å². The van der Waals surface area contributed by atoms with Crippen LogP contribution < -0.4 is 5.32 Å². The summed E-state index contributed by atoms with van der Waals surface area (Å²) in [5.41, 5.74) is 0.871. The van der Waals surface area contributed by atoms with Crippen molar-refractivity contribution in [1.29, 1.82) is 0 Å². The zero-order valence-electron chi connectivity index (χ0n) is 11.3. The third-order valence-corrected chi connectivity index (χ3v) is 3.27. The molecule has 0 saturated heterocycles. The molecule has 0 amide bonds. The van der Waals surface area contributed by atoms with Crippen LogP contribution in [0.1, 0.15) is 16.1 Å². The molecule has 7 heteroatoms. The molecule has 2 N–H and O–H groups in total. The summed E-state index contributed by atoms with van der Waals surface area (Å²) >= 11 is 0. The molecule has 1 aromatic carbocycles. The Hall–Kier alpha value is -2.96. The van der Waals surface area contributed by atoms with Crippen LogP contribution >= 0.6 is 0 Å². The van der Waals surface area contributed by atoms with Crippen LogP contribution in [0.15, 0.2) is 42.7 Å². The second-order valence-corrected chi connectivity index (χ2v) is 4.62. The van der Waals surface area contributed by atoms with Gasteiger partial charge < -0.3 is 10.4 Å². The van der Waals surface area contributed by atoms with Crippen molar-refractivity contribution in [3.8, 4) is 0 Å². The van der Waals surface area contributed by atoms with Crippen LogP contribution in [-0.2, 0) is 6.54 Å². The molecular weight excluding hydrogens is 292 g/mol. The van der Waals surface area contributed by atoms with E-state index in [0.717, 1.165) is 6.07 Å². The van der Waals surface area contributed by atoms with Gasteiger partial charge in [0.15, 0.2) is 17.3 Å². The van der Waals surface area contributed by atoms with Crippen molar-refractivity contribution in [2.24, 2.45) is 0 Å². The van der Waals surface area contributed by atoms with Crippen LogP contribution in [0.4, 0.5) is 14.5 Å². The number of carbonyl (C=O) groups is 1. The number of rotatable bonds is 4. The summed E-state index contributed by atoms with van der Waals surface area (Å²) in [5, 5.41) is 12.2. The first-order valence-electron chi connectivity index (χ1n) is 6.44. The van der Waals surface area contributed by atoms with Crippen LogP contribution in [0.25, 0.3) is 5.65 Å². The molecule has 0 spiro atoms. The number of pyridine rings is 1. The topological polar surface area (TPSA) is 66.6 Å². The van der Waals surface area contributed by atoms with E-state index >= 15 is 0 Å². The highest BCUT2D eigenvalue weighted by atomic mass is 19.2. The highest BCUT2D eigenvalue weighted by molar-refractivity contribution is 5.93. The second-order valence-electron chi connectivity index (χ2n) is 4.62. The maximum absolute atomic E-state index is 13.6. The predicted molar refractivity (Wildman–Crippen MR) is 75.8 cm³/mol. The Kier molecular flexibility index (Phi) is 3.46. The Balaban J connectivity index is 1.95. The van der Waals surface area contributed by atoms with Crippen molar-refractivity contribution in [1.82, 2.24) is 9.38 Å². The van der Waals surface area contributed by atoms with Gasteiger partial charge in [-0.25, -0.2) is 18.6 Å². The van der Waals surface area contributed by atoms with Gasteiger partial charge in [-0.1, -0.05) is 12.1 Å². The first kappa shape index (κ1) is 14.0. The number of nitrogens with zero attached hydrogens (tertiary/aromatic N) is 2. The number of carboxylic acid groups (broad SMARTS) is 1. The molecule has 22 heavy (non-hydrogen) atoms. The maximum Gasteiger partial charge on any atom is 0.355 e. The van der Waals surface area contributed by atoms with Gasteiger partial charge in [-0.15, -0.1) is 0 Å². The van der Waals surface area contributed by atoms with Gasteiger partial charge in [0.05, 0.1) is 5.69 Å². The lowest BCUT2D eigenvalue weighted by Gasteiger charge is -2.12. The molecule has 0 radical (unpaired) electrons. The minimum absolute atomic E-state index is 0.0215. The Morgan fingerprint density at radius 1 is 1.27 bits per heavy atom. The number of nitrogens with one attached hydrogen (secondary N) is 1. The highest BCUT2D eigenvalue weighted by Gasteiger charge is 2.15. The summed E-state index contributed by atoms with van der Waals surface area (Å²) in [6, 6.07) is 7.03. The molecule has 3 aromatic rings. The second kappa shape index (κ2) is 5.44. The predicted octanol–water partition coefficient (Wildman–Crippen LogP) is 2.92. The average Bonchev–Trinajstić information content (AvgIpc) is 2.96. The zero-order valence-corrected chi connectivity index (χ0v) is 11.3. The molecule has 0 aliphatic carbocycles. The number of hydrogen-bond acceptors (Lipinski definition) is 3. The molecule has 0 aliphatic heterocycles. The molecule has 5 nitrogen and oxygen atoms in total. The largest absolute Gasteiger partial charge is 0.476 e. The summed E-state index contributed by atoms with van der Waals surface area (Å²) in [4.78, 5) is 15.5. The molecular formula is C15H11F2N3O2. The third-order valence-electron chi connectivity index (χ3n) is 3.27. The van der Waals surface area contributed by atoms with E-state index in [1.165, 1.54) is 28.9 Å². The van der Waals surface area contributed by atoms with Crippen molar-refractivity contribution in [2.75, 3.05) is 5.32 Å². The lowest BCUT2D eigenvalue weighted by Crippen LogP contribution is -2.12. The van der Waals surface area contributed by atoms with Crippen LogP contribution in [0, 0.1) is 11.6 Å². The number of carboxylic acids is 1. The molecule has 0 bridgehead atoms. The van der Waals surface area contributed by atoms with Crippen molar-refractivity contribution in [2.45, 2.75) is 6.54 Å². The number of aromatic nitrogens is 2. The Morgan fingerprint density at radius 2 is 2.09 bits per heavy atom. The summed E-state index contributed by atoms with van der Waals surface area (Å²) in [6.07, 6.45) is 3.00. The van der Waals surface area contributed by atoms with Crippen molar-refractivity contribution >= 4 is 17.3 Å². The van der Waals surface area contributed by atoms with Gasteiger partial charge in [0.25, 0.3) is 0 Å². The van der Waals surface area contributed by atoms with Crippen molar-refractivity contribution < 1.29 is 18.7 Å². The molecule has 0 fully saturated rings. The van der Waals surface area contributed by atoms with E-state index in [1.54, 1.807) is 12.1 Å². The molecule has 112 valence electrons. The quantitative estimate of drug-likeness (QED) is 0.777. The van der Waals surface area contributed by atoms with Crippen LogP contribution in [0.3, 0.4) is 0 Å². The Morgan fingerprint density at radius 3 is 2.86 bits per heavy atom. The van der Waals surface area contributed by atoms with E-state index in [9.17, 15) is 18.7 Å². The lowest BCUT2D eigenvalue weighted by atomic mass is 10.2.